The molecule has 1 saturated heterocycles. The van der Waals surface area contributed by atoms with E-state index < -0.39 is 24.0 Å². The van der Waals surface area contributed by atoms with Crippen molar-refractivity contribution in [3.8, 4) is 11.1 Å². The molecule has 0 radical (unpaired) electrons. The molecule has 0 saturated carbocycles. The molecule has 1 aliphatic heterocycles. The second kappa shape index (κ2) is 9.65. The summed E-state index contributed by atoms with van der Waals surface area (Å²) in [7, 11) is 0. The molecule has 7 nitrogen and oxygen atoms in total. The Morgan fingerprint density at radius 3 is 2.31 bits per heavy atom. The number of aliphatic carboxylic acids is 1. The summed E-state index contributed by atoms with van der Waals surface area (Å²) in [6.07, 6.45) is 0.865. The average Bonchev–Trinajstić information content (AvgIpc) is 3.36. The molecule has 1 aliphatic carbocycles. The van der Waals surface area contributed by atoms with E-state index >= 15 is 0 Å². The van der Waals surface area contributed by atoms with Gasteiger partial charge >= 0.3 is 12.1 Å². The Bertz CT molecular complexity index is 981. The second-order valence-electron chi connectivity index (χ2n) is 7.91. The molecule has 2 aromatic rings. The van der Waals surface area contributed by atoms with Gasteiger partial charge in [0.1, 0.15) is 19.2 Å². The maximum absolute atomic E-state index is 12.7. The molecule has 2 N–H and O–H groups in total. The molecule has 8 heteroatoms. The molecule has 2 amide bonds. The summed E-state index contributed by atoms with van der Waals surface area (Å²) in [4.78, 5) is 38.0. The smallest absolute Gasteiger partial charge is 0.407 e. The molecular formula is C24H26N2O5S. The van der Waals surface area contributed by atoms with Gasteiger partial charge in [-0.15, -0.1) is 11.8 Å². The van der Waals surface area contributed by atoms with Gasteiger partial charge in [-0.1, -0.05) is 61.9 Å². The topological polar surface area (TPSA) is 95.9 Å². The Labute approximate surface area is 191 Å². The van der Waals surface area contributed by atoms with Gasteiger partial charge < -0.3 is 20.1 Å². The van der Waals surface area contributed by atoms with E-state index in [1.165, 1.54) is 16.7 Å². The van der Waals surface area contributed by atoms with Gasteiger partial charge in [0.15, 0.2) is 0 Å². The first-order chi connectivity index (χ1) is 15.5. The van der Waals surface area contributed by atoms with Crippen LogP contribution < -0.4 is 5.32 Å². The predicted molar refractivity (Wildman–Crippen MR) is 122 cm³/mol. The minimum atomic E-state index is -1.02. The van der Waals surface area contributed by atoms with Crippen molar-refractivity contribution in [1.82, 2.24) is 10.2 Å². The van der Waals surface area contributed by atoms with Crippen LogP contribution in [0.25, 0.3) is 11.1 Å². The number of benzene rings is 2. The minimum Gasteiger partial charge on any atom is -0.480 e. The molecule has 1 heterocycles. The molecule has 2 atom stereocenters. The van der Waals surface area contributed by atoms with Crippen LogP contribution in [0.3, 0.4) is 0 Å². The number of fused-ring (bicyclic) bond motifs is 3. The highest BCUT2D eigenvalue weighted by atomic mass is 32.2. The maximum Gasteiger partial charge on any atom is 0.407 e. The Balaban J connectivity index is 1.36. The lowest BCUT2D eigenvalue weighted by molar-refractivity contribution is -0.148. The van der Waals surface area contributed by atoms with Crippen LogP contribution >= 0.6 is 11.8 Å². The lowest BCUT2D eigenvalue weighted by atomic mass is 9.98. The monoisotopic (exact) mass is 454 g/mol. The van der Waals surface area contributed by atoms with Gasteiger partial charge in [0, 0.05) is 11.7 Å². The highest BCUT2D eigenvalue weighted by Gasteiger charge is 2.41. The summed E-state index contributed by atoms with van der Waals surface area (Å²) in [6, 6.07) is 15.2. The van der Waals surface area contributed by atoms with Crippen LogP contribution in [0.15, 0.2) is 48.5 Å². The molecule has 2 aromatic carbocycles. The Morgan fingerprint density at radius 1 is 1.09 bits per heavy atom. The van der Waals surface area contributed by atoms with Crippen molar-refractivity contribution in [2.45, 2.75) is 37.1 Å². The third-order valence-corrected chi connectivity index (χ3v) is 7.28. The zero-order valence-corrected chi connectivity index (χ0v) is 18.6. The third-order valence-electron chi connectivity index (χ3n) is 5.93. The third kappa shape index (κ3) is 4.32. The number of ether oxygens (including phenoxy) is 1. The predicted octanol–water partition coefficient (Wildman–Crippen LogP) is 3.68. The van der Waals surface area contributed by atoms with E-state index in [1.54, 1.807) is 0 Å². The largest absolute Gasteiger partial charge is 0.480 e. The zero-order valence-electron chi connectivity index (χ0n) is 17.8. The Hall–Kier alpha value is -3.00. The number of carboxylic acids is 1. The highest BCUT2D eigenvalue weighted by Crippen LogP contribution is 2.44. The fourth-order valence-electron chi connectivity index (χ4n) is 4.45. The van der Waals surface area contributed by atoms with E-state index in [0.29, 0.717) is 12.2 Å². The first-order valence-electron chi connectivity index (χ1n) is 10.8. The number of carboxylic acid groups (broad SMARTS) is 1. The number of thioether (sulfide) groups is 1. The van der Waals surface area contributed by atoms with Gasteiger partial charge in [0.2, 0.25) is 5.91 Å². The van der Waals surface area contributed by atoms with Crippen LogP contribution in [0.5, 0.6) is 0 Å². The molecule has 4 rings (SSSR count). The average molecular weight is 455 g/mol. The van der Waals surface area contributed by atoms with Crippen molar-refractivity contribution in [3.63, 3.8) is 0 Å². The van der Waals surface area contributed by atoms with Gasteiger partial charge in [0.05, 0.1) is 5.37 Å². The first-order valence-corrected chi connectivity index (χ1v) is 11.8. The standard InChI is InChI=1S/C24H26N2O5S/c1-2-7-22-26(20(14-32-22)23(28)29)21(27)12-25-24(30)31-13-19-17-10-5-3-8-15(17)16-9-4-6-11-18(16)19/h3-6,8-11,19-20,22H,2,7,12-14H2,1H3,(H,25,30)(H,28,29). The molecule has 2 aliphatic rings. The summed E-state index contributed by atoms with van der Waals surface area (Å²) < 4.78 is 5.46. The summed E-state index contributed by atoms with van der Waals surface area (Å²) in [5.41, 5.74) is 4.50. The molecule has 2 unspecified atom stereocenters. The van der Waals surface area contributed by atoms with Gasteiger partial charge in [-0.05, 0) is 28.7 Å². The van der Waals surface area contributed by atoms with Gasteiger partial charge in [-0.25, -0.2) is 9.59 Å². The van der Waals surface area contributed by atoms with Crippen molar-refractivity contribution in [2.24, 2.45) is 0 Å². The summed E-state index contributed by atoms with van der Waals surface area (Å²) in [6.45, 7) is 1.86. The fraction of sp³-hybridized carbons (Fsp3) is 0.375. The number of carbonyl (C=O) groups excluding carboxylic acids is 2. The molecule has 0 aromatic heterocycles. The zero-order chi connectivity index (χ0) is 22.7. The quantitative estimate of drug-likeness (QED) is 0.663. The molecular weight excluding hydrogens is 428 g/mol. The van der Waals surface area contributed by atoms with Crippen molar-refractivity contribution < 1.29 is 24.2 Å². The lowest BCUT2D eigenvalue weighted by Crippen LogP contribution is -2.49. The highest BCUT2D eigenvalue weighted by molar-refractivity contribution is 8.00. The summed E-state index contributed by atoms with van der Waals surface area (Å²) in [5.74, 6) is -1.14. The lowest BCUT2D eigenvalue weighted by Gasteiger charge is -2.27. The normalized spacial score (nSPS) is 19.3. The van der Waals surface area contributed by atoms with E-state index in [-0.39, 0.29) is 24.4 Å². The van der Waals surface area contributed by atoms with Crippen LogP contribution in [0.4, 0.5) is 4.79 Å². The van der Waals surface area contributed by atoms with Crippen LogP contribution in [0.1, 0.15) is 36.8 Å². The van der Waals surface area contributed by atoms with Crippen LogP contribution in [-0.2, 0) is 14.3 Å². The van der Waals surface area contributed by atoms with Gasteiger partial charge in [-0.3, -0.25) is 4.79 Å². The van der Waals surface area contributed by atoms with Crippen LogP contribution in [0.2, 0.25) is 0 Å². The molecule has 168 valence electrons. The number of amides is 2. The summed E-state index contributed by atoms with van der Waals surface area (Å²) in [5, 5.41) is 11.8. The number of rotatable bonds is 7. The Kier molecular flexibility index (Phi) is 6.69. The van der Waals surface area contributed by atoms with E-state index in [9.17, 15) is 19.5 Å². The maximum atomic E-state index is 12.7. The molecule has 32 heavy (non-hydrogen) atoms. The van der Waals surface area contributed by atoms with Gasteiger partial charge in [-0.2, -0.15) is 0 Å². The molecule has 0 bridgehead atoms. The SMILES string of the molecule is CCCC1SCC(C(=O)O)N1C(=O)CNC(=O)OCC1c2ccccc2-c2ccccc21. The van der Waals surface area contributed by atoms with Crippen molar-refractivity contribution >= 4 is 29.7 Å². The molecule has 1 fully saturated rings. The number of nitrogens with zero attached hydrogens (tertiary/aromatic N) is 1. The van der Waals surface area contributed by atoms with Crippen molar-refractivity contribution in [3.05, 3.63) is 59.7 Å². The second-order valence-corrected chi connectivity index (χ2v) is 9.12. The van der Waals surface area contributed by atoms with E-state index in [4.69, 9.17) is 4.74 Å². The van der Waals surface area contributed by atoms with Crippen LogP contribution in [0, 0.1) is 0 Å². The number of nitrogens with one attached hydrogen (secondary N) is 1. The number of alkyl carbamates (subject to hydrolysis) is 1. The van der Waals surface area contributed by atoms with Crippen molar-refractivity contribution in [2.75, 3.05) is 18.9 Å². The van der Waals surface area contributed by atoms with E-state index in [0.717, 1.165) is 28.7 Å². The van der Waals surface area contributed by atoms with E-state index in [1.807, 2.05) is 43.3 Å². The van der Waals surface area contributed by atoms with Crippen molar-refractivity contribution in [1.29, 1.82) is 0 Å². The fourth-order valence-corrected chi connectivity index (χ4v) is 5.98. The van der Waals surface area contributed by atoms with E-state index in [2.05, 4.69) is 17.4 Å². The number of hydrogen-bond acceptors (Lipinski definition) is 5. The summed E-state index contributed by atoms with van der Waals surface area (Å²) >= 11 is 1.47. The minimum absolute atomic E-state index is 0.0656. The Morgan fingerprint density at radius 2 is 1.72 bits per heavy atom. The first kappa shape index (κ1) is 22.2. The van der Waals surface area contributed by atoms with Crippen LogP contribution in [-0.4, -0.2) is 58.3 Å². The molecule has 0 spiro atoms. The number of carbonyl (C=O) groups is 3. The number of hydrogen-bond donors (Lipinski definition) is 2. The van der Waals surface area contributed by atoms with Gasteiger partial charge in [0.25, 0.3) is 0 Å².